The molecule has 3 rings (SSSR count). The summed E-state index contributed by atoms with van der Waals surface area (Å²) >= 11 is 5.89. The quantitative estimate of drug-likeness (QED) is 0.867. The molecule has 0 fully saturated rings. The number of carboxylic acid groups (broad SMARTS) is 1. The second-order valence-electron chi connectivity index (χ2n) is 4.97. The largest absolute Gasteiger partial charge is 0.480 e. The molecule has 1 aliphatic rings. The fourth-order valence-corrected chi connectivity index (χ4v) is 2.80. The van der Waals surface area contributed by atoms with Crippen LogP contribution in [0.15, 0.2) is 18.6 Å². The highest BCUT2D eigenvalue weighted by atomic mass is 35.5. The number of amides is 1. The average molecular weight is 309 g/mol. The van der Waals surface area contributed by atoms with Gasteiger partial charge in [0.25, 0.3) is 5.91 Å². The van der Waals surface area contributed by atoms with Crippen molar-refractivity contribution in [2.45, 2.75) is 19.0 Å². The first-order valence-corrected chi connectivity index (χ1v) is 6.72. The third-order valence-electron chi connectivity index (χ3n) is 3.64. The summed E-state index contributed by atoms with van der Waals surface area (Å²) in [7, 11) is 1.69. The number of aryl methyl sites for hydroxylation is 1. The Kier molecular flexibility index (Phi) is 3.21. The van der Waals surface area contributed by atoms with Gasteiger partial charge in [-0.3, -0.25) is 4.79 Å². The molecule has 0 spiro atoms. The van der Waals surface area contributed by atoms with Crippen molar-refractivity contribution in [1.29, 1.82) is 0 Å². The predicted molar refractivity (Wildman–Crippen MR) is 74.0 cm³/mol. The molecule has 110 valence electrons. The molecule has 2 aromatic heterocycles. The molecule has 0 radical (unpaired) electrons. The lowest BCUT2D eigenvalue weighted by Crippen LogP contribution is -2.49. The molecule has 0 saturated carbocycles. The first-order chi connectivity index (χ1) is 9.97. The summed E-state index contributed by atoms with van der Waals surface area (Å²) in [5.41, 5.74) is 1.81. The van der Waals surface area contributed by atoms with Crippen molar-refractivity contribution in [2.24, 2.45) is 7.05 Å². The number of H-pyrrole nitrogens is 1. The van der Waals surface area contributed by atoms with Gasteiger partial charge in [0, 0.05) is 19.7 Å². The highest BCUT2D eigenvalue weighted by Crippen LogP contribution is 2.24. The highest BCUT2D eigenvalue weighted by molar-refractivity contribution is 6.31. The van der Waals surface area contributed by atoms with E-state index < -0.39 is 12.0 Å². The van der Waals surface area contributed by atoms with E-state index >= 15 is 0 Å². The van der Waals surface area contributed by atoms with Crippen LogP contribution in [-0.2, 0) is 24.8 Å². The smallest absolute Gasteiger partial charge is 0.326 e. The zero-order valence-corrected chi connectivity index (χ0v) is 12.0. The fourth-order valence-electron chi connectivity index (χ4n) is 2.55. The van der Waals surface area contributed by atoms with Crippen LogP contribution in [0.5, 0.6) is 0 Å². The van der Waals surface area contributed by atoms with E-state index in [1.807, 2.05) is 0 Å². The lowest BCUT2D eigenvalue weighted by molar-refractivity contribution is -0.142. The van der Waals surface area contributed by atoms with Gasteiger partial charge in [0.2, 0.25) is 0 Å². The summed E-state index contributed by atoms with van der Waals surface area (Å²) in [6.45, 7) is 0.188. The number of hydrogen-bond acceptors (Lipinski definition) is 3. The minimum Gasteiger partial charge on any atom is -0.480 e. The lowest BCUT2D eigenvalue weighted by Gasteiger charge is -2.32. The third-order valence-corrected chi connectivity index (χ3v) is 3.84. The van der Waals surface area contributed by atoms with Gasteiger partial charge in [0.15, 0.2) is 0 Å². The van der Waals surface area contributed by atoms with Gasteiger partial charge in [0.05, 0.1) is 29.3 Å². The molecule has 1 amide bonds. The van der Waals surface area contributed by atoms with Crippen LogP contribution in [-0.4, -0.2) is 42.5 Å². The summed E-state index contributed by atoms with van der Waals surface area (Å²) in [5.74, 6) is -1.41. The fraction of sp³-hybridized carbons (Fsp3) is 0.308. The molecule has 21 heavy (non-hydrogen) atoms. The van der Waals surface area contributed by atoms with Crippen LogP contribution in [0.25, 0.3) is 0 Å². The van der Waals surface area contributed by atoms with Gasteiger partial charge in [-0.15, -0.1) is 0 Å². The van der Waals surface area contributed by atoms with E-state index in [9.17, 15) is 14.7 Å². The molecule has 2 N–H and O–H groups in total. The van der Waals surface area contributed by atoms with Crippen molar-refractivity contribution in [2.75, 3.05) is 0 Å². The van der Waals surface area contributed by atoms with Gasteiger partial charge in [-0.05, 0) is 6.07 Å². The van der Waals surface area contributed by atoms with Crippen LogP contribution in [0.1, 0.15) is 21.9 Å². The minimum absolute atomic E-state index is 0.188. The second kappa shape index (κ2) is 4.92. The number of aromatic nitrogens is 3. The summed E-state index contributed by atoms with van der Waals surface area (Å²) in [4.78, 5) is 32.5. The van der Waals surface area contributed by atoms with Gasteiger partial charge < -0.3 is 19.6 Å². The Bertz CT molecular complexity index is 721. The van der Waals surface area contributed by atoms with Crippen molar-refractivity contribution in [3.05, 3.63) is 40.7 Å². The number of carbonyl (C=O) groups is 2. The summed E-state index contributed by atoms with van der Waals surface area (Å²) in [6, 6.07) is 0.604. The number of aromatic amines is 1. The molecule has 8 heteroatoms. The van der Waals surface area contributed by atoms with Gasteiger partial charge >= 0.3 is 5.97 Å². The van der Waals surface area contributed by atoms with Crippen molar-refractivity contribution >= 4 is 23.5 Å². The Morgan fingerprint density at radius 2 is 2.29 bits per heavy atom. The van der Waals surface area contributed by atoms with E-state index in [0.29, 0.717) is 16.4 Å². The molecule has 3 heterocycles. The van der Waals surface area contributed by atoms with Crippen molar-refractivity contribution in [3.63, 3.8) is 0 Å². The van der Waals surface area contributed by atoms with E-state index in [1.165, 1.54) is 17.3 Å². The monoisotopic (exact) mass is 308 g/mol. The molecule has 0 saturated heterocycles. The number of rotatable bonds is 2. The number of nitrogens with zero attached hydrogens (tertiary/aromatic N) is 3. The maximum absolute atomic E-state index is 12.6. The second-order valence-corrected chi connectivity index (χ2v) is 5.41. The number of hydrogen-bond donors (Lipinski definition) is 2. The molecule has 1 atom stereocenters. The Morgan fingerprint density at radius 3 is 2.90 bits per heavy atom. The third kappa shape index (κ3) is 2.29. The van der Waals surface area contributed by atoms with Gasteiger partial charge in [-0.1, -0.05) is 11.6 Å². The van der Waals surface area contributed by atoms with Crippen LogP contribution >= 0.6 is 11.6 Å². The number of carbonyl (C=O) groups excluding carboxylic acids is 1. The first kappa shape index (κ1) is 13.7. The van der Waals surface area contributed by atoms with Crippen LogP contribution in [0.2, 0.25) is 5.02 Å². The number of carboxylic acids is 1. The SMILES string of the molecule is Cn1cc(Cl)cc1C(=O)N1Cc2[nH]cnc2CC1C(=O)O. The Hall–Kier alpha value is -2.28. The van der Waals surface area contributed by atoms with Crippen LogP contribution < -0.4 is 0 Å². The van der Waals surface area contributed by atoms with Crippen LogP contribution in [0, 0.1) is 0 Å². The number of fused-ring (bicyclic) bond motifs is 1. The Morgan fingerprint density at radius 1 is 1.52 bits per heavy atom. The van der Waals surface area contributed by atoms with E-state index in [4.69, 9.17) is 11.6 Å². The van der Waals surface area contributed by atoms with E-state index in [1.54, 1.807) is 17.8 Å². The Labute approximate surface area is 125 Å². The molecule has 0 bridgehead atoms. The van der Waals surface area contributed by atoms with Crippen molar-refractivity contribution < 1.29 is 14.7 Å². The first-order valence-electron chi connectivity index (χ1n) is 6.34. The normalized spacial score (nSPS) is 17.6. The number of imidazole rings is 1. The number of halogens is 1. The number of nitrogens with one attached hydrogen (secondary N) is 1. The highest BCUT2D eigenvalue weighted by Gasteiger charge is 2.37. The van der Waals surface area contributed by atoms with Crippen LogP contribution in [0.3, 0.4) is 0 Å². The maximum Gasteiger partial charge on any atom is 0.326 e. The Balaban J connectivity index is 1.97. The molecule has 2 aromatic rings. The summed E-state index contributed by atoms with van der Waals surface area (Å²) < 4.78 is 1.59. The molecule has 0 aromatic carbocycles. The molecular formula is C13H13ClN4O3. The van der Waals surface area contributed by atoms with Crippen LogP contribution in [0.4, 0.5) is 0 Å². The summed E-state index contributed by atoms with van der Waals surface area (Å²) in [5, 5.41) is 9.81. The van der Waals surface area contributed by atoms with Gasteiger partial charge in [-0.25, -0.2) is 9.78 Å². The molecule has 1 aliphatic heterocycles. The predicted octanol–water partition coefficient (Wildman–Crippen LogP) is 1.05. The lowest BCUT2D eigenvalue weighted by atomic mass is 10.0. The van der Waals surface area contributed by atoms with E-state index in [0.717, 1.165) is 5.69 Å². The standard InChI is InChI=1S/C13H13ClN4O3/c1-17-4-7(14)2-10(17)12(19)18-5-9-8(15-6-16-9)3-11(18)13(20)21/h2,4,6,11H,3,5H2,1H3,(H,15,16)(H,20,21). The molecule has 1 unspecified atom stereocenters. The molecule has 0 aliphatic carbocycles. The van der Waals surface area contributed by atoms with E-state index in [2.05, 4.69) is 9.97 Å². The topological polar surface area (TPSA) is 91.2 Å². The molecule has 7 nitrogen and oxygen atoms in total. The molecular weight excluding hydrogens is 296 g/mol. The number of aliphatic carboxylic acids is 1. The van der Waals surface area contributed by atoms with Crippen molar-refractivity contribution in [1.82, 2.24) is 19.4 Å². The maximum atomic E-state index is 12.6. The van der Waals surface area contributed by atoms with E-state index in [-0.39, 0.29) is 18.9 Å². The zero-order valence-electron chi connectivity index (χ0n) is 11.2. The average Bonchev–Trinajstić information content (AvgIpc) is 3.01. The van der Waals surface area contributed by atoms with Gasteiger partial charge in [0.1, 0.15) is 11.7 Å². The van der Waals surface area contributed by atoms with Gasteiger partial charge in [-0.2, -0.15) is 0 Å². The summed E-state index contributed by atoms with van der Waals surface area (Å²) in [6.07, 6.45) is 3.31. The minimum atomic E-state index is -1.04. The zero-order chi connectivity index (χ0) is 15.1. The van der Waals surface area contributed by atoms with Crippen molar-refractivity contribution in [3.8, 4) is 0 Å².